The Labute approximate surface area is 227 Å². The fraction of sp³-hybridized carbons (Fsp3) is 0.435. The molecule has 2 rings (SSSR count). The summed E-state index contributed by atoms with van der Waals surface area (Å²) < 4.78 is 39.2. The van der Waals surface area contributed by atoms with E-state index < -0.39 is 40.4 Å². The molecule has 0 spiro atoms. The minimum atomic E-state index is -3.67. The average molecular weight is 518 g/mol. The molecule has 186 valence electrons. The van der Waals surface area contributed by atoms with Crippen LogP contribution in [0.15, 0.2) is 30.3 Å². The van der Waals surface area contributed by atoms with Crippen molar-refractivity contribution in [3.63, 3.8) is 0 Å². The van der Waals surface area contributed by atoms with Crippen molar-refractivity contribution in [3.05, 3.63) is 47.4 Å². The Bertz CT molecular complexity index is 1140. The second-order valence-corrected chi connectivity index (χ2v) is 10.1. The van der Waals surface area contributed by atoms with Crippen molar-refractivity contribution in [2.24, 2.45) is 0 Å². The number of hydrogen-bond acceptors (Lipinski definition) is 8. The fourth-order valence-electron chi connectivity index (χ4n) is 3.38. The molecule has 0 aliphatic heterocycles. The van der Waals surface area contributed by atoms with Gasteiger partial charge in [0.1, 0.15) is 5.82 Å². The zero-order valence-corrected chi connectivity index (χ0v) is 23.3. The second-order valence-electron chi connectivity index (χ2n) is 8.15. The summed E-state index contributed by atoms with van der Waals surface area (Å²) in [6.07, 6.45) is 0.627. The van der Waals surface area contributed by atoms with Crippen molar-refractivity contribution in [2.75, 3.05) is 17.1 Å². The molecular formula is C23H29FN3NaO6S. The summed E-state index contributed by atoms with van der Waals surface area (Å²) in [4.78, 5) is 19.6. The minimum absolute atomic E-state index is 0. The summed E-state index contributed by atoms with van der Waals surface area (Å²) in [5.74, 6) is -2.10. The van der Waals surface area contributed by atoms with E-state index >= 15 is 0 Å². The number of aliphatic carboxylic acids is 1. The number of aliphatic hydroxyl groups is 2. The average Bonchev–Trinajstić information content (AvgIpc) is 2.71. The maximum absolute atomic E-state index is 13.6. The molecule has 0 saturated carbocycles. The third kappa shape index (κ3) is 8.93. The molecule has 0 radical (unpaired) electrons. The van der Waals surface area contributed by atoms with Crippen LogP contribution in [-0.4, -0.2) is 59.6 Å². The number of rotatable bonds is 11. The van der Waals surface area contributed by atoms with Gasteiger partial charge in [0.05, 0.1) is 29.9 Å². The van der Waals surface area contributed by atoms with E-state index in [0.717, 1.165) is 10.6 Å². The van der Waals surface area contributed by atoms with Crippen LogP contribution in [0.25, 0.3) is 17.3 Å². The molecule has 0 aliphatic rings. The topological polar surface area (TPSA) is 144 Å². The van der Waals surface area contributed by atoms with Gasteiger partial charge < -0.3 is 20.1 Å². The van der Waals surface area contributed by atoms with Crippen LogP contribution in [0.2, 0.25) is 0 Å². The van der Waals surface area contributed by atoms with E-state index in [2.05, 4.69) is 9.97 Å². The van der Waals surface area contributed by atoms with Crippen LogP contribution in [0.4, 0.5) is 10.3 Å². The van der Waals surface area contributed by atoms with Crippen molar-refractivity contribution in [2.45, 2.75) is 51.7 Å². The minimum Gasteiger partial charge on any atom is -0.550 e. The van der Waals surface area contributed by atoms with Gasteiger partial charge in [-0.2, -0.15) is 0 Å². The van der Waals surface area contributed by atoms with Gasteiger partial charge in [-0.1, -0.05) is 26.0 Å². The number of carboxylic acid groups (broad SMARTS) is 1. The Hall–Kier alpha value is -1.89. The van der Waals surface area contributed by atoms with Gasteiger partial charge in [-0.3, -0.25) is 0 Å². The number of anilines is 1. The molecule has 1 heterocycles. The maximum atomic E-state index is 13.6. The molecule has 35 heavy (non-hydrogen) atoms. The van der Waals surface area contributed by atoms with Crippen molar-refractivity contribution >= 4 is 28.0 Å². The molecule has 9 nitrogen and oxygen atoms in total. The van der Waals surface area contributed by atoms with Crippen molar-refractivity contribution in [3.8, 4) is 11.3 Å². The van der Waals surface area contributed by atoms with E-state index in [1.807, 2.05) is 13.8 Å². The third-order valence-corrected chi connectivity index (χ3v) is 6.16. The van der Waals surface area contributed by atoms with E-state index in [-0.39, 0.29) is 54.4 Å². The first-order valence-electron chi connectivity index (χ1n) is 10.7. The number of hydrogen-bond donors (Lipinski definition) is 2. The van der Waals surface area contributed by atoms with Crippen molar-refractivity contribution < 1.29 is 62.5 Å². The zero-order chi connectivity index (χ0) is 25.6. The second kappa shape index (κ2) is 13.4. The number of sulfonamides is 1. The predicted octanol–water partition coefficient (Wildman–Crippen LogP) is -1.54. The molecule has 0 amide bonds. The molecule has 1 aromatic carbocycles. The van der Waals surface area contributed by atoms with Gasteiger partial charge >= 0.3 is 29.6 Å². The Morgan fingerprint density at radius 2 is 1.80 bits per heavy atom. The maximum Gasteiger partial charge on any atom is 1.00 e. The summed E-state index contributed by atoms with van der Waals surface area (Å²) >= 11 is 0. The van der Waals surface area contributed by atoms with Crippen LogP contribution in [0, 0.1) is 5.82 Å². The molecule has 0 saturated heterocycles. The number of halogens is 1. The SMILES string of the molecule is CCN(c1nc(-c2ccc(F)cc2)c(/C=C/[C@@H](O)C[C@@H](O)CC(=O)[O-])c(C(C)C)n1)S(C)(=O)=O.[Na+]. The summed E-state index contributed by atoms with van der Waals surface area (Å²) in [5.41, 5.74) is 1.80. The van der Waals surface area contributed by atoms with Crippen LogP contribution >= 0.6 is 0 Å². The van der Waals surface area contributed by atoms with E-state index in [1.54, 1.807) is 6.92 Å². The first kappa shape index (κ1) is 31.1. The van der Waals surface area contributed by atoms with E-state index in [4.69, 9.17) is 0 Å². The first-order valence-corrected chi connectivity index (χ1v) is 12.6. The van der Waals surface area contributed by atoms with Crippen LogP contribution in [0.3, 0.4) is 0 Å². The molecule has 2 atom stereocenters. The largest absolute Gasteiger partial charge is 1.00 e. The van der Waals surface area contributed by atoms with E-state index in [9.17, 15) is 32.9 Å². The molecule has 1 aromatic heterocycles. The molecule has 2 N–H and O–H groups in total. The van der Waals surface area contributed by atoms with Gasteiger partial charge in [0.2, 0.25) is 16.0 Å². The Balaban J connectivity index is 0.00000612. The van der Waals surface area contributed by atoms with Crippen LogP contribution in [-0.2, 0) is 14.8 Å². The van der Waals surface area contributed by atoms with Gasteiger partial charge in [0, 0.05) is 36.5 Å². The van der Waals surface area contributed by atoms with Gasteiger partial charge in [-0.15, -0.1) is 0 Å². The van der Waals surface area contributed by atoms with E-state index in [0.29, 0.717) is 22.5 Å². The smallest absolute Gasteiger partial charge is 0.550 e. The number of carbonyl (C=O) groups is 1. The summed E-state index contributed by atoms with van der Waals surface area (Å²) in [7, 11) is -3.67. The number of carbonyl (C=O) groups excluding carboxylic acids is 1. The molecule has 2 aromatic rings. The molecule has 0 aliphatic carbocycles. The standard InChI is InChI=1S/C23H30FN3O6S.Na/c1-5-27(34(4,32)33)23-25-21(14(2)3)19(11-10-17(28)12-18(29)13-20(30)31)22(26-23)15-6-8-16(24)9-7-15;/h6-11,14,17-18,28-29H,5,12-13H2,1-4H3,(H,30,31);/q;+1/p-1/b11-10+;/t17-,18-;/m1./s1. The van der Waals surface area contributed by atoms with Crippen molar-refractivity contribution in [1.29, 1.82) is 0 Å². The number of benzene rings is 1. The van der Waals surface area contributed by atoms with Crippen LogP contribution in [0.5, 0.6) is 0 Å². The third-order valence-electron chi connectivity index (χ3n) is 4.94. The quantitative estimate of drug-likeness (QED) is 0.342. The molecule has 0 fully saturated rings. The first-order chi connectivity index (χ1) is 15.8. The molecule has 12 heteroatoms. The summed E-state index contributed by atoms with van der Waals surface area (Å²) in [6.45, 7) is 5.46. The van der Waals surface area contributed by atoms with E-state index in [1.165, 1.54) is 36.4 Å². The summed E-state index contributed by atoms with van der Waals surface area (Å²) in [6, 6.07) is 5.50. The van der Waals surface area contributed by atoms with Gasteiger partial charge in [0.25, 0.3) is 0 Å². The fourth-order valence-corrected chi connectivity index (χ4v) is 4.23. The number of aliphatic hydroxyl groups excluding tert-OH is 2. The Kier molecular flexibility index (Phi) is 11.9. The van der Waals surface area contributed by atoms with Crippen LogP contribution in [0.1, 0.15) is 50.8 Å². The van der Waals surface area contributed by atoms with Crippen LogP contribution < -0.4 is 39.0 Å². The predicted molar refractivity (Wildman–Crippen MR) is 125 cm³/mol. The molecular weight excluding hydrogens is 488 g/mol. The monoisotopic (exact) mass is 517 g/mol. The number of aromatic nitrogens is 2. The van der Waals surface area contributed by atoms with Gasteiger partial charge in [-0.25, -0.2) is 27.1 Å². The number of nitrogens with zero attached hydrogens (tertiary/aromatic N) is 3. The summed E-state index contributed by atoms with van der Waals surface area (Å²) in [5, 5.41) is 30.7. The van der Waals surface area contributed by atoms with Gasteiger partial charge in [0.15, 0.2) is 0 Å². The van der Waals surface area contributed by atoms with Crippen molar-refractivity contribution in [1.82, 2.24) is 9.97 Å². The zero-order valence-electron chi connectivity index (χ0n) is 20.5. The Morgan fingerprint density at radius 1 is 1.20 bits per heavy atom. The molecule has 0 bridgehead atoms. The molecule has 0 unspecified atom stereocenters. The normalized spacial score (nSPS) is 13.5. The van der Waals surface area contributed by atoms with Gasteiger partial charge in [-0.05, 0) is 37.1 Å². The number of carboxylic acids is 1. The Morgan fingerprint density at radius 3 is 2.29 bits per heavy atom.